The van der Waals surface area contributed by atoms with Crippen molar-refractivity contribution < 1.29 is 16.8 Å². The van der Waals surface area contributed by atoms with Gasteiger partial charge in [-0.2, -0.15) is 0 Å². The number of sulfone groups is 1. The Morgan fingerprint density at radius 1 is 1.20 bits per heavy atom. The average Bonchev–Trinajstić information content (AvgIpc) is 2.21. The van der Waals surface area contributed by atoms with Gasteiger partial charge in [0.1, 0.15) is 9.84 Å². The summed E-state index contributed by atoms with van der Waals surface area (Å²) in [6.45, 7) is 5.08. The largest absolute Gasteiger partial charge is 0.398 e. The number of sulfonamides is 1. The molecule has 0 spiro atoms. The maximum atomic E-state index is 12.2. The molecule has 3 N–H and O–H groups in total. The van der Waals surface area contributed by atoms with E-state index in [0.717, 1.165) is 17.4 Å². The molecule has 0 aliphatic carbocycles. The lowest BCUT2D eigenvalue weighted by molar-refractivity contribution is 0.564. The molecular weight excluding hydrogens is 300 g/mol. The third-order valence-electron chi connectivity index (χ3n) is 2.90. The number of hydrogen-bond donors (Lipinski definition) is 2. The molecule has 0 aliphatic heterocycles. The molecule has 0 amide bonds. The SMILES string of the molecule is Cc1cc(S(=O)(=O)NC(C)CS(C)(=O)=O)cc(N)c1C. The Kier molecular flexibility index (Phi) is 4.83. The molecule has 0 aliphatic rings. The molecule has 1 rings (SSSR count). The second-order valence-corrected chi connectivity index (χ2v) is 8.97. The Morgan fingerprint density at radius 2 is 1.75 bits per heavy atom. The molecule has 0 heterocycles. The molecule has 0 radical (unpaired) electrons. The standard InChI is InChI=1S/C12H20N2O4S2/c1-8-5-11(6-12(13)10(8)3)20(17,18)14-9(2)7-19(4,15)16/h5-6,9,14H,7,13H2,1-4H3. The van der Waals surface area contributed by atoms with Crippen LogP contribution in [0.15, 0.2) is 17.0 Å². The summed E-state index contributed by atoms with van der Waals surface area (Å²) in [4.78, 5) is 0.0402. The number of nitrogens with two attached hydrogens (primary N) is 1. The van der Waals surface area contributed by atoms with Gasteiger partial charge in [-0.15, -0.1) is 0 Å². The van der Waals surface area contributed by atoms with Gasteiger partial charge in [-0.25, -0.2) is 21.6 Å². The van der Waals surface area contributed by atoms with Crippen molar-refractivity contribution in [1.82, 2.24) is 4.72 Å². The van der Waals surface area contributed by atoms with Crippen LogP contribution in [0.2, 0.25) is 0 Å². The van der Waals surface area contributed by atoms with Gasteiger partial charge in [-0.05, 0) is 44.0 Å². The number of benzene rings is 1. The summed E-state index contributed by atoms with van der Waals surface area (Å²) in [5.41, 5.74) is 7.74. The van der Waals surface area contributed by atoms with Gasteiger partial charge < -0.3 is 5.73 Å². The number of nitrogen functional groups attached to an aromatic ring is 1. The van der Waals surface area contributed by atoms with Gasteiger partial charge in [0, 0.05) is 18.0 Å². The van der Waals surface area contributed by atoms with Gasteiger partial charge >= 0.3 is 0 Å². The van der Waals surface area contributed by atoms with Crippen molar-refractivity contribution in [3.05, 3.63) is 23.3 Å². The summed E-state index contributed by atoms with van der Waals surface area (Å²) >= 11 is 0. The van der Waals surface area contributed by atoms with Gasteiger partial charge in [0.05, 0.1) is 10.6 Å². The fourth-order valence-electron chi connectivity index (χ4n) is 1.83. The molecule has 1 atom stereocenters. The summed E-state index contributed by atoms with van der Waals surface area (Å²) < 4.78 is 49.0. The molecule has 114 valence electrons. The highest BCUT2D eigenvalue weighted by atomic mass is 32.2. The first-order valence-electron chi connectivity index (χ1n) is 5.99. The van der Waals surface area contributed by atoms with Gasteiger partial charge in [-0.1, -0.05) is 0 Å². The minimum Gasteiger partial charge on any atom is -0.398 e. The average molecular weight is 320 g/mol. The Hall–Kier alpha value is -1.12. The summed E-state index contributed by atoms with van der Waals surface area (Å²) in [6.07, 6.45) is 1.06. The molecule has 1 unspecified atom stereocenters. The summed E-state index contributed by atoms with van der Waals surface area (Å²) in [6, 6.07) is 2.18. The highest BCUT2D eigenvalue weighted by Gasteiger charge is 2.21. The van der Waals surface area contributed by atoms with E-state index in [2.05, 4.69) is 4.72 Å². The second kappa shape index (κ2) is 5.71. The van der Waals surface area contributed by atoms with Crippen LogP contribution in [0.25, 0.3) is 0 Å². The van der Waals surface area contributed by atoms with Crippen molar-refractivity contribution in [3.63, 3.8) is 0 Å². The van der Waals surface area contributed by atoms with Gasteiger partial charge in [-0.3, -0.25) is 0 Å². The fraction of sp³-hybridized carbons (Fsp3) is 0.500. The highest BCUT2D eigenvalue weighted by Crippen LogP contribution is 2.21. The number of hydrogen-bond acceptors (Lipinski definition) is 5. The van der Waals surface area contributed by atoms with E-state index < -0.39 is 25.9 Å². The Morgan fingerprint density at radius 3 is 2.20 bits per heavy atom. The van der Waals surface area contributed by atoms with E-state index in [-0.39, 0.29) is 10.6 Å². The molecule has 0 bridgehead atoms. The maximum Gasteiger partial charge on any atom is 0.240 e. The van der Waals surface area contributed by atoms with Gasteiger partial charge in [0.2, 0.25) is 10.0 Å². The minimum atomic E-state index is -3.79. The molecule has 20 heavy (non-hydrogen) atoms. The van der Waals surface area contributed by atoms with Crippen LogP contribution in [0.5, 0.6) is 0 Å². The van der Waals surface area contributed by atoms with Crippen molar-refractivity contribution in [2.45, 2.75) is 31.7 Å². The first-order chi connectivity index (χ1) is 8.92. The van der Waals surface area contributed by atoms with Crippen LogP contribution < -0.4 is 10.5 Å². The summed E-state index contributed by atoms with van der Waals surface area (Å²) in [7, 11) is -7.04. The smallest absolute Gasteiger partial charge is 0.240 e. The fourth-order valence-corrected chi connectivity index (χ4v) is 4.29. The summed E-state index contributed by atoms with van der Waals surface area (Å²) in [5, 5.41) is 0. The first-order valence-corrected chi connectivity index (χ1v) is 9.53. The molecule has 0 aromatic heterocycles. The Bertz CT molecular complexity index is 686. The van der Waals surface area contributed by atoms with Crippen LogP contribution >= 0.6 is 0 Å². The molecule has 0 saturated carbocycles. The zero-order valence-electron chi connectivity index (χ0n) is 12.0. The molecule has 8 heteroatoms. The monoisotopic (exact) mass is 320 g/mol. The van der Waals surface area contributed by atoms with Crippen molar-refractivity contribution in [2.24, 2.45) is 0 Å². The number of aryl methyl sites for hydroxylation is 1. The van der Waals surface area contributed by atoms with E-state index in [1.165, 1.54) is 19.1 Å². The lowest BCUT2D eigenvalue weighted by Gasteiger charge is -2.15. The number of rotatable bonds is 5. The Balaban J connectivity index is 3.06. The maximum absolute atomic E-state index is 12.2. The summed E-state index contributed by atoms with van der Waals surface area (Å²) in [5.74, 6) is -0.257. The van der Waals surface area contributed by atoms with E-state index in [9.17, 15) is 16.8 Å². The molecule has 0 fully saturated rings. The zero-order chi connectivity index (χ0) is 15.7. The van der Waals surface area contributed by atoms with Crippen molar-refractivity contribution in [3.8, 4) is 0 Å². The van der Waals surface area contributed by atoms with Crippen LogP contribution in [0, 0.1) is 13.8 Å². The molecular formula is C12H20N2O4S2. The van der Waals surface area contributed by atoms with E-state index in [0.29, 0.717) is 5.69 Å². The van der Waals surface area contributed by atoms with Crippen molar-refractivity contribution in [1.29, 1.82) is 0 Å². The molecule has 0 saturated heterocycles. The van der Waals surface area contributed by atoms with Crippen molar-refractivity contribution in [2.75, 3.05) is 17.7 Å². The highest BCUT2D eigenvalue weighted by molar-refractivity contribution is 7.91. The quantitative estimate of drug-likeness (QED) is 0.773. The number of nitrogens with one attached hydrogen (secondary N) is 1. The third-order valence-corrected chi connectivity index (χ3v) is 5.57. The van der Waals surface area contributed by atoms with Crippen LogP contribution in [-0.2, 0) is 19.9 Å². The Labute approximate surface area is 120 Å². The van der Waals surface area contributed by atoms with E-state index >= 15 is 0 Å². The van der Waals surface area contributed by atoms with Crippen LogP contribution in [-0.4, -0.2) is 34.9 Å². The topological polar surface area (TPSA) is 106 Å². The van der Waals surface area contributed by atoms with Crippen LogP contribution in [0.4, 0.5) is 5.69 Å². The normalized spacial score (nSPS) is 14.2. The van der Waals surface area contributed by atoms with E-state index in [1.54, 1.807) is 13.8 Å². The van der Waals surface area contributed by atoms with Gasteiger partial charge in [0.25, 0.3) is 0 Å². The molecule has 1 aromatic rings. The van der Waals surface area contributed by atoms with E-state index in [4.69, 9.17) is 5.73 Å². The predicted octanol–water partition coefficient (Wildman–Crippen LogP) is 0.597. The lowest BCUT2D eigenvalue weighted by Crippen LogP contribution is -2.37. The van der Waals surface area contributed by atoms with Crippen LogP contribution in [0.3, 0.4) is 0 Å². The molecule has 1 aromatic carbocycles. The zero-order valence-corrected chi connectivity index (χ0v) is 13.6. The molecule has 6 nitrogen and oxygen atoms in total. The number of anilines is 1. The minimum absolute atomic E-state index is 0.0402. The predicted molar refractivity (Wildman–Crippen MR) is 79.8 cm³/mol. The van der Waals surface area contributed by atoms with Gasteiger partial charge in [0.15, 0.2) is 0 Å². The van der Waals surface area contributed by atoms with E-state index in [1.807, 2.05) is 0 Å². The van der Waals surface area contributed by atoms with Crippen LogP contribution in [0.1, 0.15) is 18.1 Å². The first kappa shape index (κ1) is 16.9. The third kappa shape index (κ3) is 4.46. The second-order valence-electron chi connectivity index (χ2n) is 5.07. The van der Waals surface area contributed by atoms with Crippen molar-refractivity contribution >= 4 is 25.5 Å². The lowest BCUT2D eigenvalue weighted by atomic mass is 10.1.